The molecule has 0 bridgehead atoms. The van der Waals surface area contributed by atoms with Gasteiger partial charge in [-0.2, -0.15) is 5.26 Å². The van der Waals surface area contributed by atoms with Crippen molar-refractivity contribution >= 4 is 5.97 Å². The standard InChI is InChI=1S/C16H25NO2/c1-6-19-15(18)14(10-17)16(5)8-12(4)13(9-16)7-11(2)3/h7,11-12,14H,6,8-9H2,1-5H3/b13-7-. The van der Waals surface area contributed by atoms with Crippen molar-refractivity contribution < 1.29 is 9.53 Å². The van der Waals surface area contributed by atoms with Gasteiger partial charge < -0.3 is 4.74 Å². The van der Waals surface area contributed by atoms with Crippen molar-refractivity contribution in [1.82, 2.24) is 0 Å². The molecule has 0 aromatic carbocycles. The molecule has 0 aliphatic heterocycles. The van der Waals surface area contributed by atoms with Crippen molar-refractivity contribution in [3.05, 3.63) is 11.6 Å². The van der Waals surface area contributed by atoms with E-state index in [1.807, 2.05) is 6.92 Å². The highest BCUT2D eigenvalue weighted by atomic mass is 16.5. The van der Waals surface area contributed by atoms with E-state index < -0.39 is 5.92 Å². The monoisotopic (exact) mass is 263 g/mol. The van der Waals surface area contributed by atoms with Crippen LogP contribution in [0.2, 0.25) is 0 Å². The molecule has 0 N–H and O–H groups in total. The molecule has 1 rings (SSSR count). The predicted octanol–water partition coefficient (Wildman–Crippen LogP) is 3.71. The summed E-state index contributed by atoms with van der Waals surface area (Å²) in [5.41, 5.74) is 1.09. The third kappa shape index (κ3) is 3.59. The molecular formula is C16H25NO2. The molecule has 3 heteroatoms. The zero-order chi connectivity index (χ0) is 14.6. The van der Waals surface area contributed by atoms with Crippen molar-refractivity contribution in [2.75, 3.05) is 6.61 Å². The van der Waals surface area contributed by atoms with Gasteiger partial charge in [0.15, 0.2) is 0 Å². The molecule has 3 atom stereocenters. The number of allylic oxidation sites excluding steroid dienone is 2. The molecule has 1 saturated carbocycles. The van der Waals surface area contributed by atoms with Crippen LogP contribution in [-0.2, 0) is 9.53 Å². The summed E-state index contributed by atoms with van der Waals surface area (Å²) >= 11 is 0. The number of nitrogens with zero attached hydrogens (tertiary/aromatic N) is 1. The Labute approximate surface area is 116 Å². The number of carbonyl (C=O) groups is 1. The molecule has 0 saturated heterocycles. The minimum Gasteiger partial charge on any atom is -0.465 e. The lowest BCUT2D eigenvalue weighted by Crippen LogP contribution is -2.32. The molecule has 1 aliphatic rings. The van der Waals surface area contributed by atoms with Gasteiger partial charge in [0.05, 0.1) is 12.7 Å². The van der Waals surface area contributed by atoms with Crippen LogP contribution in [0.5, 0.6) is 0 Å². The second kappa shape index (κ2) is 6.23. The van der Waals surface area contributed by atoms with Crippen LogP contribution in [-0.4, -0.2) is 12.6 Å². The smallest absolute Gasteiger partial charge is 0.323 e. The highest BCUT2D eigenvalue weighted by Gasteiger charge is 2.46. The first-order valence-electron chi connectivity index (χ1n) is 7.11. The number of rotatable bonds is 4. The maximum absolute atomic E-state index is 11.9. The number of esters is 1. The number of nitriles is 1. The Morgan fingerprint density at radius 2 is 2.26 bits per heavy atom. The summed E-state index contributed by atoms with van der Waals surface area (Å²) in [6.45, 7) is 10.6. The van der Waals surface area contributed by atoms with Crippen molar-refractivity contribution in [2.24, 2.45) is 23.2 Å². The van der Waals surface area contributed by atoms with Gasteiger partial charge >= 0.3 is 5.97 Å². The van der Waals surface area contributed by atoms with Crippen LogP contribution in [0.4, 0.5) is 0 Å². The summed E-state index contributed by atoms with van der Waals surface area (Å²) in [5.74, 6) is -0.0842. The highest BCUT2D eigenvalue weighted by Crippen LogP contribution is 2.50. The maximum atomic E-state index is 11.9. The Balaban J connectivity index is 2.94. The summed E-state index contributed by atoms with van der Waals surface area (Å²) in [6, 6.07) is 2.16. The topological polar surface area (TPSA) is 50.1 Å². The number of ether oxygens (including phenoxy) is 1. The SMILES string of the molecule is CCOC(=O)C(C#N)C1(C)C/C(=C/C(C)C)C(C)C1. The Morgan fingerprint density at radius 1 is 1.63 bits per heavy atom. The second-order valence-corrected chi connectivity index (χ2v) is 6.24. The van der Waals surface area contributed by atoms with Crippen LogP contribution in [0.25, 0.3) is 0 Å². The van der Waals surface area contributed by atoms with Crippen LogP contribution in [0.3, 0.4) is 0 Å². The van der Waals surface area contributed by atoms with E-state index in [1.165, 1.54) is 5.57 Å². The van der Waals surface area contributed by atoms with Crippen molar-refractivity contribution in [3.63, 3.8) is 0 Å². The molecular weight excluding hydrogens is 238 g/mol. The Morgan fingerprint density at radius 3 is 2.74 bits per heavy atom. The summed E-state index contributed by atoms with van der Waals surface area (Å²) in [4.78, 5) is 11.9. The summed E-state index contributed by atoms with van der Waals surface area (Å²) in [7, 11) is 0. The average molecular weight is 263 g/mol. The van der Waals surface area contributed by atoms with Gasteiger partial charge in [0, 0.05) is 0 Å². The molecule has 0 amide bonds. The van der Waals surface area contributed by atoms with E-state index in [1.54, 1.807) is 6.92 Å². The lowest BCUT2D eigenvalue weighted by Gasteiger charge is -2.27. The zero-order valence-corrected chi connectivity index (χ0v) is 12.7. The molecule has 1 fully saturated rings. The van der Waals surface area contributed by atoms with E-state index in [2.05, 4.69) is 32.9 Å². The second-order valence-electron chi connectivity index (χ2n) is 6.24. The fraction of sp³-hybridized carbons (Fsp3) is 0.750. The quantitative estimate of drug-likeness (QED) is 0.574. The summed E-state index contributed by atoms with van der Waals surface area (Å²) in [6.07, 6.45) is 3.97. The maximum Gasteiger partial charge on any atom is 0.323 e. The number of hydrogen-bond acceptors (Lipinski definition) is 3. The van der Waals surface area contributed by atoms with Gasteiger partial charge in [0.2, 0.25) is 0 Å². The van der Waals surface area contributed by atoms with Crippen molar-refractivity contribution in [2.45, 2.75) is 47.5 Å². The molecule has 1 aliphatic carbocycles. The van der Waals surface area contributed by atoms with E-state index in [9.17, 15) is 10.1 Å². The third-order valence-corrected chi connectivity index (χ3v) is 3.91. The van der Waals surface area contributed by atoms with E-state index in [0.29, 0.717) is 18.4 Å². The summed E-state index contributed by atoms with van der Waals surface area (Å²) in [5, 5.41) is 9.33. The van der Waals surface area contributed by atoms with Gasteiger partial charge in [-0.05, 0) is 37.0 Å². The van der Waals surface area contributed by atoms with Gasteiger partial charge in [0.1, 0.15) is 5.92 Å². The van der Waals surface area contributed by atoms with Gasteiger partial charge in [-0.1, -0.05) is 39.3 Å². The van der Waals surface area contributed by atoms with E-state index >= 15 is 0 Å². The Kier molecular flexibility index (Phi) is 5.17. The van der Waals surface area contributed by atoms with Gasteiger partial charge in [-0.15, -0.1) is 0 Å². The normalized spacial score (nSPS) is 30.4. The molecule has 0 spiro atoms. The molecule has 0 aromatic rings. The first-order valence-corrected chi connectivity index (χ1v) is 7.11. The largest absolute Gasteiger partial charge is 0.465 e. The molecule has 19 heavy (non-hydrogen) atoms. The fourth-order valence-electron chi connectivity index (χ4n) is 3.13. The van der Waals surface area contributed by atoms with Crippen molar-refractivity contribution in [1.29, 1.82) is 5.26 Å². The fourth-order valence-corrected chi connectivity index (χ4v) is 3.13. The van der Waals surface area contributed by atoms with Crippen LogP contribution in [0.1, 0.15) is 47.5 Å². The van der Waals surface area contributed by atoms with Gasteiger partial charge in [-0.25, -0.2) is 0 Å². The molecule has 0 radical (unpaired) electrons. The van der Waals surface area contributed by atoms with Crippen LogP contribution < -0.4 is 0 Å². The highest BCUT2D eigenvalue weighted by molar-refractivity contribution is 5.76. The Hall–Kier alpha value is -1.30. The average Bonchev–Trinajstić information content (AvgIpc) is 2.54. The van der Waals surface area contributed by atoms with E-state index in [0.717, 1.165) is 12.8 Å². The zero-order valence-electron chi connectivity index (χ0n) is 12.7. The van der Waals surface area contributed by atoms with Gasteiger partial charge in [-0.3, -0.25) is 4.79 Å². The number of hydrogen-bond donors (Lipinski definition) is 0. The van der Waals surface area contributed by atoms with Gasteiger partial charge in [0.25, 0.3) is 0 Å². The molecule has 0 heterocycles. The summed E-state index contributed by atoms with van der Waals surface area (Å²) < 4.78 is 5.04. The molecule has 0 aromatic heterocycles. The molecule has 3 nitrogen and oxygen atoms in total. The van der Waals surface area contributed by atoms with Crippen LogP contribution in [0.15, 0.2) is 11.6 Å². The lowest BCUT2D eigenvalue weighted by molar-refractivity contribution is -0.149. The van der Waals surface area contributed by atoms with Crippen LogP contribution >= 0.6 is 0 Å². The van der Waals surface area contributed by atoms with Crippen LogP contribution in [0, 0.1) is 34.5 Å². The minimum atomic E-state index is -0.659. The minimum absolute atomic E-state index is 0.291. The first kappa shape index (κ1) is 15.8. The van der Waals surface area contributed by atoms with E-state index in [-0.39, 0.29) is 11.4 Å². The predicted molar refractivity (Wildman–Crippen MR) is 75.2 cm³/mol. The first-order chi connectivity index (χ1) is 8.84. The molecule has 3 unspecified atom stereocenters. The third-order valence-electron chi connectivity index (χ3n) is 3.91. The number of carbonyl (C=O) groups excluding carboxylic acids is 1. The molecule has 106 valence electrons. The van der Waals surface area contributed by atoms with Crippen molar-refractivity contribution in [3.8, 4) is 6.07 Å². The lowest BCUT2D eigenvalue weighted by atomic mass is 9.75. The van der Waals surface area contributed by atoms with E-state index in [4.69, 9.17) is 4.74 Å². The Bertz CT molecular complexity index is 405.